The Morgan fingerprint density at radius 3 is 2.35 bits per heavy atom. The van der Waals surface area contributed by atoms with Crippen LogP contribution in [0.15, 0.2) is 29.2 Å². The molecule has 1 aromatic heterocycles. The fraction of sp³-hybridized carbons (Fsp3) is 0.438. The third-order valence-corrected chi connectivity index (χ3v) is 6.01. The summed E-state index contributed by atoms with van der Waals surface area (Å²) in [5.41, 5.74) is 2.87. The van der Waals surface area contributed by atoms with Crippen LogP contribution in [0, 0.1) is 6.92 Å². The number of aromatic nitrogens is 2. The first-order chi connectivity index (χ1) is 10.6. The summed E-state index contributed by atoms with van der Waals surface area (Å²) in [6.07, 6.45) is 0. The topological polar surface area (TPSA) is 55.2 Å². The Kier molecular flexibility index (Phi) is 5.18. The van der Waals surface area contributed by atoms with Crippen LogP contribution in [0.25, 0.3) is 0 Å². The van der Waals surface area contributed by atoms with Gasteiger partial charge in [0.15, 0.2) is 0 Å². The zero-order chi connectivity index (χ0) is 17.4. The minimum Gasteiger partial charge on any atom is -0.272 e. The first kappa shape index (κ1) is 18.0. The van der Waals surface area contributed by atoms with Gasteiger partial charge in [-0.05, 0) is 37.1 Å². The Hall–Kier alpha value is -1.37. The van der Waals surface area contributed by atoms with Gasteiger partial charge in [-0.1, -0.05) is 25.4 Å². The Morgan fingerprint density at radius 1 is 1.26 bits per heavy atom. The van der Waals surface area contributed by atoms with Crippen LogP contribution in [-0.4, -0.2) is 29.6 Å². The molecule has 23 heavy (non-hydrogen) atoms. The lowest BCUT2D eigenvalue weighted by Crippen LogP contribution is -2.27. The van der Waals surface area contributed by atoms with Crippen molar-refractivity contribution in [3.63, 3.8) is 0 Å². The third-order valence-electron chi connectivity index (χ3n) is 3.94. The molecule has 0 saturated heterocycles. The summed E-state index contributed by atoms with van der Waals surface area (Å²) >= 11 is 5.83. The normalized spacial score (nSPS) is 12.3. The number of hydrogen-bond donors (Lipinski definition) is 0. The largest absolute Gasteiger partial charge is 0.272 e. The van der Waals surface area contributed by atoms with Crippen LogP contribution in [0.5, 0.6) is 0 Å². The average molecular weight is 356 g/mol. The van der Waals surface area contributed by atoms with Gasteiger partial charge in [0.1, 0.15) is 0 Å². The van der Waals surface area contributed by atoms with E-state index in [0.29, 0.717) is 5.02 Å². The molecule has 0 bridgehead atoms. The first-order valence-electron chi connectivity index (χ1n) is 7.39. The number of rotatable bonds is 5. The molecule has 0 amide bonds. The molecule has 0 N–H and O–H groups in total. The van der Waals surface area contributed by atoms with Gasteiger partial charge in [0.2, 0.25) is 10.0 Å². The number of benzene rings is 1. The van der Waals surface area contributed by atoms with Gasteiger partial charge in [-0.25, -0.2) is 8.42 Å². The Balaban J connectivity index is 2.35. The molecule has 0 radical (unpaired) electrons. The molecule has 1 aromatic carbocycles. The summed E-state index contributed by atoms with van der Waals surface area (Å²) in [5.74, 6) is 0.233. The fourth-order valence-electron chi connectivity index (χ4n) is 2.43. The number of nitrogens with zero attached hydrogens (tertiary/aromatic N) is 3. The van der Waals surface area contributed by atoms with E-state index in [2.05, 4.69) is 18.9 Å². The van der Waals surface area contributed by atoms with Gasteiger partial charge in [-0.15, -0.1) is 0 Å². The highest BCUT2D eigenvalue weighted by molar-refractivity contribution is 7.89. The highest BCUT2D eigenvalue weighted by Gasteiger charge is 2.24. The second kappa shape index (κ2) is 6.63. The van der Waals surface area contributed by atoms with Crippen molar-refractivity contribution in [1.29, 1.82) is 0 Å². The molecule has 0 aliphatic heterocycles. The lowest BCUT2D eigenvalue weighted by molar-refractivity contribution is 0.463. The third kappa shape index (κ3) is 3.59. The molecule has 0 aliphatic carbocycles. The van der Waals surface area contributed by atoms with Crippen LogP contribution in [0.2, 0.25) is 5.02 Å². The molecule has 2 aromatic rings. The SMILES string of the molecule is Cc1c(CN(C)S(=O)(=O)c2ccc(Cl)cc2)c(C(C)C)nn1C. The van der Waals surface area contributed by atoms with Gasteiger partial charge < -0.3 is 0 Å². The zero-order valence-electron chi connectivity index (χ0n) is 14.0. The van der Waals surface area contributed by atoms with Crippen molar-refractivity contribution in [2.75, 3.05) is 7.05 Å². The Morgan fingerprint density at radius 2 is 1.83 bits per heavy atom. The maximum absolute atomic E-state index is 12.7. The maximum atomic E-state index is 12.7. The molecule has 7 heteroatoms. The van der Waals surface area contributed by atoms with Crippen molar-refractivity contribution in [2.24, 2.45) is 7.05 Å². The van der Waals surface area contributed by atoms with Crippen LogP contribution in [0.4, 0.5) is 0 Å². The van der Waals surface area contributed by atoms with E-state index in [1.165, 1.54) is 16.4 Å². The van der Waals surface area contributed by atoms with E-state index >= 15 is 0 Å². The summed E-state index contributed by atoms with van der Waals surface area (Å²) in [5, 5.41) is 5.02. The van der Waals surface area contributed by atoms with E-state index in [1.807, 2.05) is 14.0 Å². The predicted octanol–water partition coefficient (Wildman–Crippen LogP) is 3.33. The molecule has 0 atom stereocenters. The number of sulfonamides is 1. The molecule has 5 nitrogen and oxygen atoms in total. The minimum absolute atomic E-state index is 0.233. The van der Waals surface area contributed by atoms with Crippen molar-refractivity contribution in [1.82, 2.24) is 14.1 Å². The summed E-state index contributed by atoms with van der Waals surface area (Å²) in [6.45, 7) is 6.35. The maximum Gasteiger partial charge on any atom is 0.243 e. The zero-order valence-corrected chi connectivity index (χ0v) is 15.6. The van der Waals surface area contributed by atoms with Crippen LogP contribution < -0.4 is 0 Å². The number of hydrogen-bond acceptors (Lipinski definition) is 3. The molecule has 0 spiro atoms. The van der Waals surface area contributed by atoms with Crippen molar-refractivity contribution in [2.45, 2.75) is 38.1 Å². The second-order valence-electron chi connectivity index (χ2n) is 5.94. The molecule has 0 unspecified atom stereocenters. The molecule has 0 saturated carbocycles. The smallest absolute Gasteiger partial charge is 0.243 e. The summed E-state index contributed by atoms with van der Waals surface area (Å²) in [4.78, 5) is 0.233. The summed E-state index contributed by atoms with van der Waals surface area (Å²) < 4.78 is 28.6. The highest BCUT2D eigenvalue weighted by Crippen LogP contribution is 2.25. The van der Waals surface area contributed by atoms with E-state index in [4.69, 9.17) is 11.6 Å². The first-order valence-corrected chi connectivity index (χ1v) is 9.20. The predicted molar refractivity (Wildman–Crippen MR) is 92.1 cm³/mol. The molecular formula is C16H22ClN3O2S. The van der Waals surface area contributed by atoms with E-state index in [-0.39, 0.29) is 17.4 Å². The van der Waals surface area contributed by atoms with Gasteiger partial charge in [0, 0.05) is 36.9 Å². The Labute approximate surface area is 142 Å². The van der Waals surface area contributed by atoms with Crippen LogP contribution in [0.1, 0.15) is 36.7 Å². The number of halogens is 1. The van der Waals surface area contributed by atoms with Gasteiger partial charge >= 0.3 is 0 Å². The van der Waals surface area contributed by atoms with Gasteiger partial charge in [0.25, 0.3) is 0 Å². The van der Waals surface area contributed by atoms with Crippen LogP contribution >= 0.6 is 11.6 Å². The fourth-order valence-corrected chi connectivity index (χ4v) is 3.70. The molecular weight excluding hydrogens is 334 g/mol. The summed E-state index contributed by atoms with van der Waals surface area (Å²) in [6, 6.07) is 6.20. The van der Waals surface area contributed by atoms with Gasteiger partial charge in [-0.3, -0.25) is 4.68 Å². The van der Waals surface area contributed by atoms with Gasteiger partial charge in [-0.2, -0.15) is 9.40 Å². The van der Waals surface area contributed by atoms with E-state index in [9.17, 15) is 8.42 Å². The van der Waals surface area contributed by atoms with E-state index < -0.39 is 10.0 Å². The van der Waals surface area contributed by atoms with E-state index in [0.717, 1.165) is 17.0 Å². The lowest BCUT2D eigenvalue weighted by atomic mass is 10.0. The Bertz CT molecular complexity index is 795. The number of aryl methyl sites for hydroxylation is 1. The van der Waals surface area contributed by atoms with Crippen molar-refractivity contribution in [3.05, 3.63) is 46.2 Å². The molecule has 126 valence electrons. The van der Waals surface area contributed by atoms with E-state index in [1.54, 1.807) is 23.9 Å². The van der Waals surface area contributed by atoms with Crippen LogP contribution in [-0.2, 0) is 23.6 Å². The molecule has 0 fully saturated rings. The van der Waals surface area contributed by atoms with Crippen molar-refractivity contribution in [3.8, 4) is 0 Å². The quantitative estimate of drug-likeness (QED) is 0.826. The average Bonchev–Trinajstić information content (AvgIpc) is 2.76. The molecule has 1 heterocycles. The molecule has 0 aliphatic rings. The highest BCUT2D eigenvalue weighted by atomic mass is 35.5. The lowest BCUT2D eigenvalue weighted by Gasteiger charge is -2.18. The van der Waals surface area contributed by atoms with Crippen LogP contribution in [0.3, 0.4) is 0 Å². The minimum atomic E-state index is -3.57. The molecule has 2 rings (SSSR count). The second-order valence-corrected chi connectivity index (χ2v) is 8.42. The van der Waals surface area contributed by atoms with Crippen molar-refractivity contribution >= 4 is 21.6 Å². The van der Waals surface area contributed by atoms with Crippen molar-refractivity contribution < 1.29 is 8.42 Å². The van der Waals surface area contributed by atoms with Gasteiger partial charge in [0.05, 0.1) is 10.6 Å². The standard InChI is InChI=1S/C16H22ClN3O2S/c1-11(2)16-15(12(3)20(5)18-16)10-19(4)23(21,22)14-8-6-13(17)7-9-14/h6-9,11H,10H2,1-5H3. The summed E-state index contributed by atoms with van der Waals surface area (Å²) in [7, 11) is -0.109. The monoisotopic (exact) mass is 355 g/mol.